The molecule has 2 heterocycles. The molecule has 3 aromatic rings. The van der Waals surface area contributed by atoms with Gasteiger partial charge in [-0.15, -0.1) is 0 Å². The molecule has 0 aliphatic carbocycles. The summed E-state index contributed by atoms with van der Waals surface area (Å²) in [4.78, 5) is 16.3. The van der Waals surface area contributed by atoms with Gasteiger partial charge in [-0.1, -0.05) is 24.3 Å². The molecule has 0 aliphatic heterocycles. The Labute approximate surface area is 125 Å². The van der Waals surface area contributed by atoms with Crippen LogP contribution in [0.5, 0.6) is 0 Å². The molecule has 5 nitrogen and oxygen atoms in total. The predicted molar refractivity (Wildman–Crippen MR) is 80.7 cm³/mol. The van der Waals surface area contributed by atoms with Gasteiger partial charge in [0, 0.05) is 23.2 Å². The van der Waals surface area contributed by atoms with E-state index in [0.29, 0.717) is 5.39 Å². The number of carbonyl (C=O) groups excluding carboxylic acids is 1. The highest BCUT2D eigenvalue weighted by molar-refractivity contribution is 7.90. The molecular weight excluding hydrogens is 308 g/mol. The molecule has 1 aromatic carbocycles. The lowest BCUT2D eigenvalue weighted by Crippen LogP contribution is -2.30. The minimum Gasteiger partial charge on any atom is -0.268 e. The van der Waals surface area contributed by atoms with Crippen molar-refractivity contribution < 1.29 is 13.2 Å². The first-order valence-corrected chi connectivity index (χ1v) is 8.42. The van der Waals surface area contributed by atoms with E-state index in [4.69, 9.17) is 0 Å². The number of benzene rings is 1. The Morgan fingerprint density at radius 2 is 1.95 bits per heavy atom. The summed E-state index contributed by atoms with van der Waals surface area (Å²) in [5.74, 6) is -0.689. The Balaban J connectivity index is 1.99. The molecule has 0 fully saturated rings. The normalized spacial score (nSPS) is 11.4. The monoisotopic (exact) mass is 318 g/mol. The van der Waals surface area contributed by atoms with E-state index >= 15 is 0 Å². The van der Waals surface area contributed by atoms with Crippen LogP contribution in [-0.4, -0.2) is 19.3 Å². The number of thiophene rings is 1. The molecule has 0 atom stereocenters. The van der Waals surface area contributed by atoms with E-state index in [9.17, 15) is 13.2 Å². The van der Waals surface area contributed by atoms with Crippen LogP contribution >= 0.6 is 11.3 Å². The third kappa shape index (κ3) is 2.65. The van der Waals surface area contributed by atoms with Gasteiger partial charge in [-0.2, -0.15) is 11.3 Å². The maximum atomic E-state index is 12.2. The molecule has 0 aliphatic rings. The largest absolute Gasteiger partial charge is 0.268 e. The first-order valence-electron chi connectivity index (χ1n) is 6.00. The summed E-state index contributed by atoms with van der Waals surface area (Å²) in [7, 11) is -3.85. The summed E-state index contributed by atoms with van der Waals surface area (Å²) in [5.41, 5.74) is 0.229. The number of amides is 1. The van der Waals surface area contributed by atoms with Crippen LogP contribution in [0.1, 0.15) is 10.4 Å². The van der Waals surface area contributed by atoms with Crippen LogP contribution in [-0.2, 0) is 10.0 Å². The summed E-state index contributed by atoms with van der Waals surface area (Å²) < 4.78 is 26.2. The Hall–Kier alpha value is -2.25. The van der Waals surface area contributed by atoms with E-state index in [1.54, 1.807) is 23.7 Å². The summed E-state index contributed by atoms with van der Waals surface area (Å²) in [5, 5.41) is 4.54. The minimum atomic E-state index is -3.85. The van der Waals surface area contributed by atoms with Gasteiger partial charge in [0.1, 0.15) is 0 Å². The smallest absolute Gasteiger partial charge is 0.267 e. The Bertz CT molecular complexity index is 898. The zero-order valence-electron chi connectivity index (χ0n) is 10.7. The van der Waals surface area contributed by atoms with E-state index in [1.807, 2.05) is 12.1 Å². The number of rotatable bonds is 3. The van der Waals surface area contributed by atoms with Gasteiger partial charge < -0.3 is 0 Å². The fraction of sp³-hybridized carbons (Fsp3) is 0. The molecule has 2 aromatic heterocycles. The van der Waals surface area contributed by atoms with Crippen molar-refractivity contribution in [1.82, 2.24) is 9.71 Å². The van der Waals surface area contributed by atoms with Crippen LogP contribution in [0.25, 0.3) is 10.8 Å². The number of sulfonamides is 1. The predicted octanol–water partition coefficient (Wildman–Crippen LogP) is 2.42. The molecule has 0 saturated heterocycles. The van der Waals surface area contributed by atoms with Gasteiger partial charge in [0.2, 0.25) is 0 Å². The fourth-order valence-corrected chi connectivity index (χ4v) is 3.93. The molecule has 21 heavy (non-hydrogen) atoms. The van der Waals surface area contributed by atoms with E-state index in [0.717, 1.165) is 5.39 Å². The first kappa shape index (κ1) is 13.7. The zero-order valence-corrected chi connectivity index (χ0v) is 12.3. The Morgan fingerprint density at radius 3 is 2.71 bits per heavy atom. The molecule has 3 rings (SSSR count). The van der Waals surface area contributed by atoms with Crippen LogP contribution < -0.4 is 4.72 Å². The number of hydrogen-bond acceptors (Lipinski definition) is 5. The second-order valence-electron chi connectivity index (χ2n) is 4.30. The van der Waals surface area contributed by atoms with Gasteiger partial charge in [0.05, 0.1) is 10.5 Å². The average molecular weight is 318 g/mol. The highest BCUT2D eigenvalue weighted by atomic mass is 32.2. The summed E-state index contributed by atoms with van der Waals surface area (Å²) in [6, 6.07) is 8.62. The Kier molecular flexibility index (Phi) is 3.44. The summed E-state index contributed by atoms with van der Waals surface area (Å²) >= 11 is 1.25. The van der Waals surface area contributed by atoms with Crippen LogP contribution in [0.2, 0.25) is 0 Å². The lowest BCUT2D eigenvalue weighted by molar-refractivity contribution is 0.0982. The van der Waals surface area contributed by atoms with Crippen molar-refractivity contribution in [3.05, 3.63) is 59.0 Å². The summed E-state index contributed by atoms with van der Waals surface area (Å²) in [6.07, 6.45) is 2.99. The quantitative estimate of drug-likeness (QED) is 0.804. The van der Waals surface area contributed by atoms with Gasteiger partial charge in [0.15, 0.2) is 0 Å². The molecule has 0 saturated carbocycles. The molecule has 1 N–H and O–H groups in total. The van der Waals surface area contributed by atoms with Crippen molar-refractivity contribution in [3.63, 3.8) is 0 Å². The highest BCUT2D eigenvalue weighted by Crippen LogP contribution is 2.18. The van der Waals surface area contributed by atoms with Crippen LogP contribution in [0.4, 0.5) is 0 Å². The van der Waals surface area contributed by atoms with E-state index in [2.05, 4.69) is 9.71 Å². The third-order valence-corrected chi connectivity index (χ3v) is 5.11. The SMILES string of the molecule is O=C(NS(=O)(=O)c1ccsc1)c1cncc2ccccc12. The zero-order chi connectivity index (χ0) is 14.9. The van der Waals surface area contributed by atoms with Crippen molar-refractivity contribution >= 4 is 38.0 Å². The van der Waals surface area contributed by atoms with Gasteiger partial charge in [-0.05, 0) is 16.8 Å². The molecule has 0 bridgehead atoms. The highest BCUT2D eigenvalue weighted by Gasteiger charge is 2.20. The molecule has 7 heteroatoms. The van der Waals surface area contributed by atoms with Gasteiger partial charge in [-0.3, -0.25) is 9.78 Å². The number of nitrogens with zero attached hydrogens (tertiary/aromatic N) is 1. The lowest BCUT2D eigenvalue weighted by Gasteiger charge is -2.07. The van der Waals surface area contributed by atoms with Crippen LogP contribution in [0.3, 0.4) is 0 Å². The van der Waals surface area contributed by atoms with Crippen LogP contribution in [0.15, 0.2) is 58.4 Å². The first-order chi connectivity index (χ1) is 10.1. The molecule has 1 amide bonds. The molecular formula is C14H10N2O3S2. The molecule has 0 spiro atoms. The van der Waals surface area contributed by atoms with E-state index in [-0.39, 0.29) is 10.5 Å². The molecule has 0 radical (unpaired) electrons. The van der Waals surface area contributed by atoms with E-state index in [1.165, 1.54) is 29.0 Å². The van der Waals surface area contributed by atoms with Crippen LogP contribution in [0, 0.1) is 0 Å². The number of fused-ring (bicyclic) bond motifs is 1. The molecule has 0 unspecified atom stereocenters. The fourth-order valence-electron chi connectivity index (χ4n) is 1.94. The minimum absolute atomic E-state index is 0.0778. The second kappa shape index (κ2) is 5.27. The third-order valence-electron chi connectivity index (χ3n) is 2.95. The maximum Gasteiger partial charge on any atom is 0.267 e. The van der Waals surface area contributed by atoms with Gasteiger partial charge in [-0.25, -0.2) is 13.1 Å². The summed E-state index contributed by atoms with van der Waals surface area (Å²) in [6.45, 7) is 0. The van der Waals surface area contributed by atoms with Gasteiger partial charge in [0.25, 0.3) is 15.9 Å². The number of aromatic nitrogens is 1. The van der Waals surface area contributed by atoms with Crippen molar-refractivity contribution in [2.75, 3.05) is 0 Å². The topological polar surface area (TPSA) is 76.1 Å². The molecule has 106 valence electrons. The average Bonchev–Trinajstić information content (AvgIpc) is 3.01. The van der Waals surface area contributed by atoms with Crippen molar-refractivity contribution in [2.45, 2.75) is 4.90 Å². The Morgan fingerprint density at radius 1 is 1.14 bits per heavy atom. The maximum absolute atomic E-state index is 12.2. The number of hydrogen-bond donors (Lipinski definition) is 1. The van der Waals surface area contributed by atoms with Gasteiger partial charge >= 0.3 is 0 Å². The lowest BCUT2D eigenvalue weighted by atomic mass is 10.1. The van der Waals surface area contributed by atoms with Crippen molar-refractivity contribution in [1.29, 1.82) is 0 Å². The standard InChI is InChI=1S/C14H10N2O3S2/c17-14(16-21(18,19)11-5-6-20-9-11)13-8-15-7-10-3-1-2-4-12(10)13/h1-9H,(H,16,17). The van der Waals surface area contributed by atoms with Crippen molar-refractivity contribution in [2.24, 2.45) is 0 Å². The van der Waals surface area contributed by atoms with Crippen molar-refractivity contribution in [3.8, 4) is 0 Å². The van der Waals surface area contributed by atoms with E-state index < -0.39 is 15.9 Å². The second-order valence-corrected chi connectivity index (χ2v) is 6.76. The number of carbonyl (C=O) groups is 1. The number of nitrogens with one attached hydrogen (secondary N) is 1. The number of pyridine rings is 1.